The van der Waals surface area contributed by atoms with Crippen molar-refractivity contribution in [3.05, 3.63) is 34.6 Å². The molecule has 1 heterocycles. The van der Waals surface area contributed by atoms with E-state index < -0.39 is 5.60 Å². The zero-order valence-corrected chi connectivity index (χ0v) is 12.8. The van der Waals surface area contributed by atoms with Crippen molar-refractivity contribution in [2.75, 3.05) is 19.6 Å². The van der Waals surface area contributed by atoms with E-state index in [2.05, 4.69) is 11.8 Å². The fourth-order valence-electron chi connectivity index (χ4n) is 2.98. The van der Waals surface area contributed by atoms with Gasteiger partial charge in [-0.2, -0.15) is 0 Å². The van der Waals surface area contributed by atoms with Crippen LogP contribution in [0.15, 0.2) is 18.2 Å². The van der Waals surface area contributed by atoms with Crippen LogP contribution in [0.4, 0.5) is 4.39 Å². The summed E-state index contributed by atoms with van der Waals surface area (Å²) in [6.45, 7) is 5.12. The molecule has 2 nitrogen and oxygen atoms in total. The Morgan fingerprint density at radius 2 is 2.15 bits per heavy atom. The molecule has 20 heavy (non-hydrogen) atoms. The van der Waals surface area contributed by atoms with Gasteiger partial charge in [-0.1, -0.05) is 24.6 Å². The van der Waals surface area contributed by atoms with Crippen LogP contribution >= 0.6 is 11.6 Å². The van der Waals surface area contributed by atoms with Crippen LogP contribution in [0, 0.1) is 5.82 Å². The Balaban J connectivity index is 2.07. The smallest absolute Gasteiger partial charge is 0.127 e. The Labute approximate surface area is 125 Å². The monoisotopic (exact) mass is 299 g/mol. The van der Waals surface area contributed by atoms with E-state index in [-0.39, 0.29) is 5.82 Å². The van der Waals surface area contributed by atoms with Gasteiger partial charge in [-0.05, 0) is 50.9 Å². The summed E-state index contributed by atoms with van der Waals surface area (Å²) in [5.74, 6) is -0.319. The standard InChI is InChI=1S/C16H23ClFNO/c1-2-9-19-10-4-7-16(20,8-11-19)12-13-14(17)5-3-6-15(13)18/h3,5-6,20H,2,4,7-12H2,1H3. The van der Waals surface area contributed by atoms with E-state index in [1.165, 1.54) is 6.07 Å². The summed E-state index contributed by atoms with van der Waals surface area (Å²) in [6.07, 6.45) is 3.76. The molecule has 2 rings (SSSR count). The van der Waals surface area contributed by atoms with Gasteiger partial charge < -0.3 is 10.0 Å². The molecule has 0 spiro atoms. The first-order valence-electron chi connectivity index (χ1n) is 7.42. The maximum absolute atomic E-state index is 13.9. The molecular formula is C16H23ClFNO. The average Bonchev–Trinajstić information content (AvgIpc) is 2.58. The number of aliphatic hydroxyl groups is 1. The summed E-state index contributed by atoms with van der Waals surface area (Å²) in [5.41, 5.74) is -0.394. The maximum Gasteiger partial charge on any atom is 0.127 e. The second kappa shape index (κ2) is 6.88. The first kappa shape index (κ1) is 15.7. The maximum atomic E-state index is 13.9. The van der Waals surface area contributed by atoms with E-state index in [0.717, 1.165) is 32.5 Å². The molecule has 0 amide bonds. The number of halogens is 2. The minimum Gasteiger partial charge on any atom is -0.389 e. The molecule has 1 aliphatic rings. The van der Waals surface area contributed by atoms with E-state index in [1.54, 1.807) is 12.1 Å². The van der Waals surface area contributed by atoms with Gasteiger partial charge in [0.1, 0.15) is 5.82 Å². The van der Waals surface area contributed by atoms with Gasteiger partial charge in [0.2, 0.25) is 0 Å². The molecule has 1 fully saturated rings. The average molecular weight is 300 g/mol. The van der Waals surface area contributed by atoms with Gasteiger partial charge in [-0.25, -0.2) is 4.39 Å². The molecule has 0 bridgehead atoms. The fraction of sp³-hybridized carbons (Fsp3) is 0.625. The van der Waals surface area contributed by atoms with Gasteiger partial charge in [0.25, 0.3) is 0 Å². The second-order valence-corrected chi connectivity index (χ2v) is 6.20. The number of likely N-dealkylation sites (tertiary alicyclic amines) is 1. The third kappa shape index (κ3) is 3.94. The highest BCUT2D eigenvalue weighted by atomic mass is 35.5. The van der Waals surface area contributed by atoms with Crippen LogP contribution in [0.2, 0.25) is 5.02 Å². The van der Waals surface area contributed by atoms with E-state index in [1.807, 2.05) is 0 Å². The van der Waals surface area contributed by atoms with Crippen LogP contribution < -0.4 is 0 Å². The molecule has 0 saturated carbocycles. The number of hydrogen-bond donors (Lipinski definition) is 1. The zero-order valence-electron chi connectivity index (χ0n) is 12.0. The molecule has 0 aromatic heterocycles. The lowest BCUT2D eigenvalue weighted by atomic mass is 9.87. The minimum atomic E-state index is -0.839. The van der Waals surface area contributed by atoms with Crippen LogP contribution in [0.25, 0.3) is 0 Å². The minimum absolute atomic E-state index is 0.304. The lowest BCUT2D eigenvalue weighted by Gasteiger charge is -2.27. The number of benzene rings is 1. The summed E-state index contributed by atoms with van der Waals surface area (Å²) in [5, 5.41) is 11.2. The molecular weight excluding hydrogens is 277 g/mol. The molecule has 1 aromatic rings. The van der Waals surface area contributed by atoms with Crippen molar-refractivity contribution in [1.82, 2.24) is 4.90 Å². The largest absolute Gasteiger partial charge is 0.389 e. The molecule has 1 unspecified atom stereocenters. The summed E-state index contributed by atoms with van der Waals surface area (Å²) in [6, 6.07) is 4.69. The molecule has 1 N–H and O–H groups in total. The van der Waals surface area contributed by atoms with E-state index >= 15 is 0 Å². The van der Waals surface area contributed by atoms with Gasteiger partial charge in [0, 0.05) is 23.6 Å². The number of nitrogens with zero attached hydrogens (tertiary/aromatic N) is 1. The quantitative estimate of drug-likeness (QED) is 0.917. The second-order valence-electron chi connectivity index (χ2n) is 5.80. The van der Waals surface area contributed by atoms with Crippen LogP contribution in [-0.4, -0.2) is 35.2 Å². The van der Waals surface area contributed by atoms with Crippen molar-refractivity contribution >= 4 is 11.6 Å². The Morgan fingerprint density at radius 3 is 2.85 bits per heavy atom. The fourth-order valence-corrected chi connectivity index (χ4v) is 3.21. The molecule has 1 aromatic carbocycles. The molecule has 1 saturated heterocycles. The number of hydrogen-bond acceptors (Lipinski definition) is 2. The van der Waals surface area contributed by atoms with Crippen LogP contribution in [0.5, 0.6) is 0 Å². The van der Waals surface area contributed by atoms with Crippen molar-refractivity contribution in [1.29, 1.82) is 0 Å². The molecule has 112 valence electrons. The lowest BCUT2D eigenvalue weighted by molar-refractivity contribution is 0.0249. The Hall–Kier alpha value is -0.640. The summed E-state index contributed by atoms with van der Waals surface area (Å²) < 4.78 is 13.9. The predicted octanol–water partition coefficient (Wildman–Crippen LogP) is 3.65. The summed E-state index contributed by atoms with van der Waals surface area (Å²) in [4.78, 5) is 2.38. The van der Waals surface area contributed by atoms with E-state index in [9.17, 15) is 9.50 Å². The topological polar surface area (TPSA) is 23.5 Å². The zero-order chi connectivity index (χ0) is 14.6. The van der Waals surface area contributed by atoms with Gasteiger partial charge >= 0.3 is 0 Å². The van der Waals surface area contributed by atoms with Crippen molar-refractivity contribution in [3.63, 3.8) is 0 Å². The normalized spacial score (nSPS) is 24.6. The Kier molecular flexibility index (Phi) is 5.42. The Bertz CT molecular complexity index is 434. The van der Waals surface area contributed by atoms with E-state index in [4.69, 9.17) is 11.6 Å². The van der Waals surface area contributed by atoms with Crippen LogP contribution in [0.1, 0.15) is 38.2 Å². The predicted molar refractivity (Wildman–Crippen MR) is 80.6 cm³/mol. The van der Waals surface area contributed by atoms with Crippen LogP contribution in [0.3, 0.4) is 0 Å². The third-order valence-electron chi connectivity index (χ3n) is 4.12. The summed E-state index contributed by atoms with van der Waals surface area (Å²) >= 11 is 6.07. The lowest BCUT2D eigenvalue weighted by Crippen LogP contribution is -2.34. The van der Waals surface area contributed by atoms with Gasteiger partial charge in [0.15, 0.2) is 0 Å². The van der Waals surface area contributed by atoms with Crippen molar-refractivity contribution in [2.45, 2.75) is 44.6 Å². The SMILES string of the molecule is CCCN1CCCC(O)(Cc2c(F)cccc2Cl)CC1. The Morgan fingerprint density at radius 1 is 1.35 bits per heavy atom. The first-order chi connectivity index (χ1) is 9.54. The molecule has 1 atom stereocenters. The van der Waals surface area contributed by atoms with Crippen LogP contribution in [-0.2, 0) is 6.42 Å². The first-order valence-corrected chi connectivity index (χ1v) is 7.79. The van der Waals surface area contributed by atoms with Gasteiger partial charge in [-0.15, -0.1) is 0 Å². The van der Waals surface area contributed by atoms with Gasteiger partial charge in [0.05, 0.1) is 5.60 Å². The van der Waals surface area contributed by atoms with Crippen molar-refractivity contribution in [2.24, 2.45) is 0 Å². The highest BCUT2D eigenvalue weighted by molar-refractivity contribution is 6.31. The number of rotatable bonds is 4. The highest BCUT2D eigenvalue weighted by Gasteiger charge is 2.31. The highest BCUT2D eigenvalue weighted by Crippen LogP contribution is 2.30. The summed E-state index contributed by atoms with van der Waals surface area (Å²) in [7, 11) is 0. The third-order valence-corrected chi connectivity index (χ3v) is 4.47. The molecule has 4 heteroatoms. The molecule has 0 aliphatic carbocycles. The molecule has 0 radical (unpaired) electrons. The molecule has 1 aliphatic heterocycles. The van der Waals surface area contributed by atoms with Crippen molar-refractivity contribution in [3.8, 4) is 0 Å². The van der Waals surface area contributed by atoms with Crippen molar-refractivity contribution < 1.29 is 9.50 Å². The van der Waals surface area contributed by atoms with Gasteiger partial charge in [-0.3, -0.25) is 0 Å². The van der Waals surface area contributed by atoms with E-state index in [0.29, 0.717) is 29.8 Å².